The standard InChI is InChI=1S/C21H26N2O3/c1-14-8-9-15(2)23(14)19-12-10-17(11-13-19)21(25)26-16(3)20(24)22-18-6-4-5-7-18/h8-13,16,18H,4-7H2,1-3H3,(H,22,24)/t16-/m0/s1. The molecule has 0 radical (unpaired) electrons. The summed E-state index contributed by atoms with van der Waals surface area (Å²) in [6, 6.07) is 11.6. The molecule has 1 saturated carbocycles. The van der Waals surface area contributed by atoms with Gasteiger partial charge in [0.15, 0.2) is 6.10 Å². The Labute approximate surface area is 154 Å². The molecular weight excluding hydrogens is 328 g/mol. The van der Waals surface area contributed by atoms with E-state index < -0.39 is 12.1 Å². The second kappa shape index (κ2) is 7.77. The summed E-state index contributed by atoms with van der Waals surface area (Å²) in [5.41, 5.74) is 3.70. The van der Waals surface area contributed by atoms with Crippen molar-refractivity contribution in [3.8, 4) is 5.69 Å². The molecule has 1 N–H and O–H groups in total. The summed E-state index contributed by atoms with van der Waals surface area (Å²) in [6.07, 6.45) is 3.51. The van der Waals surface area contributed by atoms with E-state index >= 15 is 0 Å². The van der Waals surface area contributed by atoms with Crippen LogP contribution in [-0.2, 0) is 9.53 Å². The fourth-order valence-electron chi connectivity index (χ4n) is 3.49. The Hall–Kier alpha value is -2.56. The number of aryl methyl sites for hydroxylation is 2. The van der Waals surface area contributed by atoms with Gasteiger partial charge < -0.3 is 14.6 Å². The molecule has 3 rings (SSSR count). The third-order valence-corrected chi connectivity index (χ3v) is 4.99. The van der Waals surface area contributed by atoms with Crippen molar-refractivity contribution in [3.63, 3.8) is 0 Å². The van der Waals surface area contributed by atoms with Gasteiger partial charge in [-0.1, -0.05) is 12.8 Å². The third kappa shape index (κ3) is 3.98. The Morgan fingerprint density at radius 1 is 1.04 bits per heavy atom. The zero-order valence-electron chi connectivity index (χ0n) is 15.6. The van der Waals surface area contributed by atoms with Gasteiger partial charge in [-0.05, 0) is 70.0 Å². The topological polar surface area (TPSA) is 60.3 Å². The number of nitrogens with one attached hydrogen (secondary N) is 1. The molecule has 138 valence electrons. The third-order valence-electron chi connectivity index (χ3n) is 4.99. The molecule has 1 atom stereocenters. The first-order valence-electron chi connectivity index (χ1n) is 9.22. The quantitative estimate of drug-likeness (QED) is 0.833. The molecule has 0 bridgehead atoms. The predicted molar refractivity (Wildman–Crippen MR) is 101 cm³/mol. The zero-order chi connectivity index (χ0) is 18.7. The van der Waals surface area contributed by atoms with E-state index in [1.807, 2.05) is 26.0 Å². The van der Waals surface area contributed by atoms with Gasteiger partial charge in [0.25, 0.3) is 5.91 Å². The van der Waals surface area contributed by atoms with Crippen molar-refractivity contribution in [1.82, 2.24) is 9.88 Å². The van der Waals surface area contributed by atoms with Crippen molar-refractivity contribution in [3.05, 3.63) is 53.3 Å². The molecule has 1 amide bonds. The van der Waals surface area contributed by atoms with E-state index in [4.69, 9.17) is 4.74 Å². The van der Waals surface area contributed by atoms with E-state index in [-0.39, 0.29) is 11.9 Å². The van der Waals surface area contributed by atoms with Gasteiger partial charge in [0, 0.05) is 23.1 Å². The molecule has 2 aromatic rings. The summed E-state index contributed by atoms with van der Waals surface area (Å²) in [5.74, 6) is -0.702. The smallest absolute Gasteiger partial charge is 0.338 e. The number of ether oxygens (including phenoxy) is 1. The number of hydrogen-bond acceptors (Lipinski definition) is 3. The number of nitrogens with zero attached hydrogens (tertiary/aromatic N) is 1. The lowest BCUT2D eigenvalue weighted by Crippen LogP contribution is -2.40. The van der Waals surface area contributed by atoms with Crippen molar-refractivity contribution in [2.24, 2.45) is 0 Å². The van der Waals surface area contributed by atoms with Crippen molar-refractivity contribution >= 4 is 11.9 Å². The summed E-state index contributed by atoms with van der Waals surface area (Å²) in [5, 5.41) is 2.96. The fraction of sp³-hybridized carbons (Fsp3) is 0.429. The number of amides is 1. The highest BCUT2D eigenvalue weighted by Gasteiger charge is 2.23. The molecule has 1 heterocycles. The van der Waals surface area contributed by atoms with Gasteiger partial charge in [-0.15, -0.1) is 0 Å². The minimum Gasteiger partial charge on any atom is -0.449 e. The number of rotatable bonds is 5. The fourth-order valence-corrected chi connectivity index (χ4v) is 3.49. The van der Waals surface area contributed by atoms with Gasteiger partial charge in [-0.3, -0.25) is 4.79 Å². The van der Waals surface area contributed by atoms with Crippen molar-refractivity contribution in [1.29, 1.82) is 0 Å². The van der Waals surface area contributed by atoms with E-state index in [0.717, 1.165) is 42.8 Å². The monoisotopic (exact) mass is 354 g/mol. The van der Waals surface area contributed by atoms with Crippen LogP contribution in [0.4, 0.5) is 0 Å². The van der Waals surface area contributed by atoms with E-state index in [2.05, 4.69) is 22.0 Å². The Morgan fingerprint density at radius 2 is 1.62 bits per heavy atom. The van der Waals surface area contributed by atoms with Crippen LogP contribution in [0.25, 0.3) is 5.69 Å². The second-order valence-electron chi connectivity index (χ2n) is 7.04. The predicted octanol–water partition coefficient (Wildman–Crippen LogP) is 3.70. The minimum atomic E-state index is -0.795. The van der Waals surface area contributed by atoms with Crippen LogP contribution in [0.2, 0.25) is 0 Å². The maximum Gasteiger partial charge on any atom is 0.338 e. The van der Waals surface area contributed by atoms with E-state index in [1.54, 1.807) is 19.1 Å². The van der Waals surface area contributed by atoms with Crippen LogP contribution in [0.5, 0.6) is 0 Å². The van der Waals surface area contributed by atoms with Gasteiger partial charge >= 0.3 is 5.97 Å². The maximum atomic E-state index is 12.3. The Kier molecular flexibility index (Phi) is 5.45. The van der Waals surface area contributed by atoms with E-state index in [9.17, 15) is 9.59 Å². The van der Waals surface area contributed by atoms with Gasteiger partial charge in [-0.25, -0.2) is 4.79 Å². The number of carbonyl (C=O) groups is 2. The molecule has 0 aliphatic heterocycles. The Bertz CT molecular complexity index is 767. The van der Waals surface area contributed by atoms with Gasteiger partial charge in [0.2, 0.25) is 0 Å². The lowest BCUT2D eigenvalue weighted by Gasteiger charge is -2.17. The number of esters is 1. The first kappa shape index (κ1) is 18.2. The molecule has 1 aromatic carbocycles. The molecular formula is C21H26N2O3. The second-order valence-corrected chi connectivity index (χ2v) is 7.04. The molecule has 0 unspecified atom stereocenters. The lowest BCUT2D eigenvalue weighted by atomic mass is 10.2. The lowest BCUT2D eigenvalue weighted by molar-refractivity contribution is -0.129. The largest absolute Gasteiger partial charge is 0.449 e. The summed E-state index contributed by atoms with van der Waals surface area (Å²) in [7, 11) is 0. The van der Waals surface area contributed by atoms with Crippen LogP contribution in [-0.4, -0.2) is 28.6 Å². The summed E-state index contributed by atoms with van der Waals surface area (Å²) in [6.45, 7) is 5.70. The molecule has 1 aliphatic carbocycles. The minimum absolute atomic E-state index is 0.219. The van der Waals surface area contributed by atoms with Gasteiger partial charge in [0.05, 0.1) is 5.56 Å². The van der Waals surface area contributed by atoms with Gasteiger partial charge in [0.1, 0.15) is 0 Å². The number of hydrogen-bond donors (Lipinski definition) is 1. The summed E-state index contributed by atoms with van der Waals surface area (Å²) >= 11 is 0. The Morgan fingerprint density at radius 3 is 2.19 bits per heavy atom. The zero-order valence-corrected chi connectivity index (χ0v) is 15.6. The van der Waals surface area contributed by atoms with Gasteiger partial charge in [-0.2, -0.15) is 0 Å². The molecule has 0 saturated heterocycles. The Balaban J connectivity index is 1.61. The van der Waals surface area contributed by atoms with E-state index in [0.29, 0.717) is 5.56 Å². The summed E-state index contributed by atoms with van der Waals surface area (Å²) < 4.78 is 7.45. The van der Waals surface area contributed by atoms with Crippen LogP contribution >= 0.6 is 0 Å². The summed E-state index contributed by atoms with van der Waals surface area (Å²) in [4.78, 5) is 24.5. The van der Waals surface area contributed by atoms with Crippen LogP contribution in [0.3, 0.4) is 0 Å². The van der Waals surface area contributed by atoms with E-state index in [1.165, 1.54) is 0 Å². The highest BCUT2D eigenvalue weighted by Crippen LogP contribution is 2.19. The van der Waals surface area contributed by atoms with Crippen molar-refractivity contribution in [2.45, 2.75) is 58.6 Å². The van der Waals surface area contributed by atoms with Crippen molar-refractivity contribution < 1.29 is 14.3 Å². The molecule has 26 heavy (non-hydrogen) atoms. The average molecular weight is 354 g/mol. The molecule has 5 heteroatoms. The van der Waals surface area contributed by atoms with Crippen molar-refractivity contribution in [2.75, 3.05) is 0 Å². The molecule has 1 fully saturated rings. The average Bonchev–Trinajstić information content (AvgIpc) is 3.24. The highest BCUT2D eigenvalue weighted by atomic mass is 16.5. The van der Waals surface area contributed by atoms with Crippen LogP contribution < -0.4 is 5.32 Å². The molecule has 1 aliphatic rings. The number of carbonyl (C=O) groups excluding carboxylic acids is 2. The molecule has 0 spiro atoms. The molecule has 1 aromatic heterocycles. The van der Waals surface area contributed by atoms with Crippen LogP contribution in [0.15, 0.2) is 36.4 Å². The highest BCUT2D eigenvalue weighted by molar-refractivity contribution is 5.92. The van der Waals surface area contributed by atoms with Crippen LogP contribution in [0.1, 0.15) is 54.4 Å². The maximum absolute atomic E-state index is 12.3. The normalized spacial score (nSPS) is 15.7. The SMILES string of the molecule is Cc1ccc(C)n1-c1ccc(C(=O)O[C@@H](C)C(=O)NC2CCCC2)cc1. The number of benzene rings is 1. The van der Waals surface area contributed by atoms with Crippen LogP contribution in [0, 0.1) is 13.8 Å². The first-order chi connectivity index (χ1) is 12.5. The molecule has 5 nitrogen and oxygen atoms in total. The number of aromatic nitrogens is 1. The first-order valence-corrected chi connectivity index (χ1v) is 9.22.